The second kappa shape index (κ2) is 7.20. The minimum Gasteiger partial charge on any atom is -0.598 e. The van der Waals surface area contributed by atoms with E-state index in [2.05, 4.69) is 9.71 Å². The van der Waals surface area contributed by atoms with Crippen LogP contribution in [0.3, 0.4) is 0 Å². The quantitative estimate of drug-likeness (QED) is 0.603. The van der Waals surface area contributed by atoms with Crippen LogP contribution in [0.5, 0.6) is 0 Å². The number of aromatic nitrogens is 2. The first kappa shape index (κ1) is 19.8. The van der Waals surface area contributed by atoms with Gasteiger partial charge in [0, 0.05) is 28.5 Å². The second-order valence-corrected chi connectivity index (χ2v) is 9.48. The molecule has 144 valence electrons. The van der Waals surface area contributed by atoms with Gasteiger partial charge in [-0.1, -0.05) is 11.6 Å². The van der Waals surface area contributed by atoms with E-state index in [1.165, 1.54) is 6.20 Å². The zero-order valence-corrected chi connectivity index (χ0v) is 16.0. The zero-order chi connectivity index (χ0) is 19.2. The fourth-order valence-electron chi connectivity index (χ4n) is 2.60. The predicted octanol–water partition coefficient (Wildman–Crippen LogP) is 3.76. The van der Waals surface area contributed by atoms with E-state index in [9.17, 15) is 17.7 Å². The number of nitrogens with one attached hydrogen (secondary N) is 1. The van der Waals surface area contributed by atoms with E-state index in [4.69, 9.17) is 16.3 Å². The molecule has 10 heteroatoms. The fourth-order valence-corrected chi connectivity index (χ4v) is 3.55. The number of nitrogens with zero attached hydrogens (tertiary/aromatic N) is 2. The Labute approximate surface area is 157 Å². The van der Waals surface area contributed by atoms with Crippen molar-refractivity contribution in [1.82, 2.24) is 14.3 Å². The molecule has 3 heterocycles. The summed E-state index contributed by atoms with van der Waals surface area (Å²) in [4.78, 5) is 4.02. The molecule has 0 radical (unpaired) electrons. The summed E-state index contributed by atoms with van der Waals surface area (Å²) in [5.41, 5.74) is 0.427. The van der Waals surface area contributed by atoms with Crippen LogP contribution in [-0.2, 0) is 16.1 Å². The molecule has 5 nitrogen and oxygen atoms in total. The van der Waals surface area contributed by atoms with Gasteiger partial charge < -0.3 is 13.9 Å². The Bertz CT molecular complexity index is 808. The smallest absolute Gasteiger partial charge is 0.262 e. The first-order valence-electron chi connectivity index (χ1n) is 8.00. The van der Waals surface area contributed by atoms with Crippen LogP contribution < -0.4 is 4.72 Å². The van der Waals surface area contributed by atoms with Crippen molar-refractivity contribution in [2.45, 2.75) is 44.0 Å². The molecule has 2 unspecified atom stereocenters. The van der Waals surface area contributed by atoms with Crippen LogP contribution in [0, 0.1) is 5.82 Å². The molecule has 3 rings (SSSR count). The lowest BCUT2D eigenvalue weighted by molar-refractivity contribution is -0.0217. The number of hydrogen-bond donors (Lipinski definition) is 1. The summed E-state index contributed by atoms with van der Waals surface area (Å²) in [5, 5.41) is -0.119. The summed E-state index contributed by atoms with van der Waals surface area (Å²) < 4.78 is 62.4. The van der Waals surface area contributed by atoms with Gasteiger partial charge in [-0.3, -0.25) is 0 Å². The van der Waals surface area contributed by atoms with E-state index in [0.29, 0.717) is 18.9 Å². The molecule has 1 fully saturated rings. The number of hydrogen-bond acceptors (Lipinski definition) is 4. The van der Waals surface area contributed by atoms with Crippen molar-refractivity contribution < 1.29 is 22.5 Å². The van der Waals surface area contributed by atoms with E-state index < -0.39 is 34.4 Å². The maximum Gasteiger partial charge on any atom is 0.262 e. The van der Waals surface area contributed by atoms with Crippen LogP contribution in [0.4, 0.5) is 13.2 Å². The van der Waals surface area contributed by atoms with Gasteiger partial charge in [0.15, 0.2) is 11.0 Å². The number of rotatable bonds is 5. The Kier molecular flexibility index (Phi) is 5.47. The molecule has 2 atom stereocenters. The van der Waals surface area contributed by atoms with E-state index in [1.807, 2.05) is 0 Å². The summed E-state index contributed by atoms with van der Waals surface area (Å²) in [6, 6.07) is -0.540. The summed E-state index contributed by atoms with van der Waals surface area (Å²) in [6.45, 7) is 5.83. The monoisotopic (exact) mass is 409 g/mol. The van der Waals surface area contributed by atoms with Gasteiger partial charge in [-0.15, -0.1) is 4.72 Å². The third-order valence-electron chi connectivity index (χ3n) is 4.14. The molecule has 1 aliphatic heterocycles. The topological polar surface area (TPSA) is 62.1 Å². The Morgan fingerprint density at radius 1 is 1.42 bits per heavy atom. The molecule has 2 aromatic heterocycles. The summed E-state index contributed by atoms with van der Waals surface area (Å²) >= 11 is 4.04. The van der Waals surface area contributed by atoms with Gasteiger partial charge in [0.1, 0.15) is 16.4 Å². The van der Waals surface area contributed by atoms with Crippen molar-refractivity contribution in [3.05, 3.63) is 28.8 Å². The van der Waals surface area contributed by atoms with E-state index >= 15 is 0 Å². The van der Waals surface area contributed by atoms with Crippen LogP contribution in [0.15, 0.2) is 12.3 Å². The fraction of sp³-hybridized carbons (Fsp3) is 0.562. The van der Waals surface area contributed by atoms with Crippen molar-refractivity contribution in [2.24, 2.45) is 0 Å². The SMILES string of the molecule is CC(C)(C)[S+]([O-])NC(c1cn(C2COC2)c2nc(Cl)c(F)cc12)C(F)F. The summed E-state index contributed by atoms with van der Waals surface area (Å²) in [7, 11) is 0. The standard InChI is InChI=1S/C16H19ClF3N3O2S/c1-16(2,3)26(24)22-12(14(19)20)10-5-23(8-6-25-7-8)15-9(10)4-11(18)13(17)21-15/h4-5,8,12,14,22H,6-7H2,1-3H3. The lowest BCUT2D eigenvalue weighted by atomic mass is 10.1. The normalized spacial score (nSPS) is 18.3. The molecule has 0 bridgehead atoms. The van der Waals surface area contributed by atoms with Crippen LogP contribution >= 0.6 is 11.6 Å². The maximum absolute atomic E-state index is 14.0. The molecule has 0 spiro atoms. The highest BCUT2D eigenvalue weighted by atomic mass is 35.5. The van der Waals surface area contributed by atoms with Gasteiger partial charge in [-0.25, -0.2) is 18.2 Å². The van der Waals surface area contributed by atoms with Crippen LogP contribution in [0.1, 0.15) is 38.4 Å². The average molecular weight is 410 g/mol. The number of alkyl halides is 2. The Hall–Kier alpha value is -1.00. The number of halogens is 4. The number of fused-ring (bicyclic) bond motifs is 1. The molecule has 1 N–H and O–H groups in total. The van der Waals surface area contributed by atoms with Crippen LogP contribution in [-0.4, -0.2) is 38.5 Å². The molecule has 0 aliphatic carbocycles. The van der Waals surface area contributed by atoms with Crippen molar-refractivity contribution in [1.29, 1.82) is 0 Å². The predicted molar refractivity (Wildman–Crippen MR) is 94.3 cm³/mol. The van der Waals surface area contributed by atoms with Crippen molar-refractivity contribution >= 4 is 34.0 Å². The van der Waals surface area contributed by atoms with E-state index in [-0.39, 0.29) is 22.1 Å². The molecule has 1 saturated heterocycles. The van der Waals surface area contributed by atoms with Gasteiger partial charge in [-0.05, 0) is 26.8 Å². The van der Waals surface area contributed by atoms with Gasteiger partial charge in [0.05, 0.1) is 19.3 Å². The minimum absolute atomic E-state index is 0.0910. The highest BCUT2D eigenvalue weighted by molar-refractivity contribution is 7.90. The van der Waals surface area contributed by atoms with Crippen LogP contribution in [0.25, 0.3) is 11.0 Å². The summed E-state index contributed by atoms with van der Waals surface area (Å²) in [5.74, 6) is -0.798. The molecule has 0 amide bonds. The average Bonchev–Trinajstić information content (AvgIpc) is 2.80. The molecule has 0 aromatic carbocycles. The number of ether oxygens (including phenoxy) is 1. The van der Waals surface area contributed by atoms with Gasteiger partial charge >= 0.3 is 0 Å². The lowest BCUT2D eigenvalue weighted by Gasteiger charge is -2.28. The molecule has 1 aliphatic rings. The van der Waals surface area contributed by atoms with Crippen LogP contribution in [0.2, 0.25) is 5.15 Å². The molecular formula is C16H19ClF3N3O2S. The van der Waals surface area contributed by atoms with Crippen molar-refractivity contribution in [3.63, 3.8) is 0 Å². The first-order chi connectivity index (χ1) is 12.1. The van der Waals surface area contributed by atoms with E-state index in [1.54, 1.807) is 25.3 Å². The van der Waals surface area contributed by atoms with Gasteiger partial charge in [-0.2, -0.15) is 0 Å². The second-order valence-electron chi connectivity index (χ2n) is 7.13. The third-order valence-corrected chi connectivity index (χ3v) is 5.98. The highest BCUT2D eigenvalue weighted by Crippen LogP contribution is 2.35. The Balaban J connectivity index is 2.10. The zero-order valence-electron chi connectivity index (χ0n) is 14.4. The molecule has 0 saturated carbocycles. The molecule has 26 heavy (non-hydrogen) atoms. The maximum atomic E-state index is 14.0. The molecule has 2 aromatic rings. The van der Waals surface area contributed by atoms with Crippen molar-refractivity contribution in [3.8, 4) is 0 Å². The minimum atomic E-state index is -2.85. The highest BCUT2D eigenvalue weighted by Gasteiger charge is 2.37. The van der Waals surface area contributed by atoms with Gasteiger partial charge in [0.25, 0.3) is 6.43 Å². The van der Waals surface area contributed by atoms with E-state index in [0.717, 1.165) is 6.07 Å². The lowest BCUT2D eigenvalue weighted by Crippen LogP contribution is -2.43. The third kappa shape index (κ3) is 3.68. The Morgan fingerprint density at radius 3 is 2.58 bits per heavy atom. The molecular weight excluding hydrogens is 391 g/mol. The largest absolute Gasteiger partial charge is 0.598 e. The Morgan fingerprint density at radius 2 is 2.08 bits per heavy atom. The number of pyridine rings is 1. The summed E-state index contributed by atoms with van der Waals surface area (Å²) in [6.07, 6.45) is -1.36. The van der Waals surface area contributed by atoms with Crippen molar-refractivity contribution in [2.75, 3.05) is 13.2 Å². The first-order valence-corrected chi connectivity index (χ1v) is 9.52. The van der Waals surface area contributed by atoms with Gasteiger partial charge in [0.2, 0.25) is 0 Å².